The molecular formula is C24H20N2O4. The third-order valence-corrected chi connectivity index (χ3v) is 4.61. The van der Waals surface area contributed by atoms with E-state index in [9.17, 15) is 4.79 Å². The molecule has 0 saturated heterocycles. The van der Waals surface area contributed by atoms with E-state index in [0.717, 1.165) is 17.1 Å². The summed E-state index contributed by atoms with van der Waals surface area (Å²) in [7, 11) is 3.21. The predicted molar refractivity (Wildman–Crippen MR) is 115 cm³/mol. The molecule has 0 unspecified atom stereocenters. The van der Waals surface area contributed by atoms with Gasteiger partial charge in [0.05, 0.1) is 26.0 Å². The number of nitrogens with one attached hydrogen (secondary N) is 1. The molecule has 0 aliphatic heterocycles. The number of aromatic nitrogens is 1. The Labute approximate surface area is 174 Å². The molecule has 1 N–H and O–H groups in total. The van der Waals surface area contributed by atoms with Crippen LogP contribution in [0.2, 0.25) is 0 Å². The summed E-state index contributed by atoms with van der Waals surface area (Å²) in [6.45, 7) is 0. The fraction of sp³-hybridized carbons (Fsp3) is 0.0833. The maximum atomic E-state index is 12.9. The number of methoxy groups -OCH3 is 2. The maximum absolute atomic E-state index is 12.9. The third-order valence-electron chi connectivity index (χ3n) is 4.61. The van der Waals surface area contributed by atoms with E-state index < -0.39 is 0 Å². The summed E-state index contributed by atoms with van der Waals surface area (Å²) in [5, 5.41) is 2.89. The number of anilines is 1. The molecule has 0 radical (unpaired) electrons. The van der Waals surface area contributed by atoms with Crippen LogP contribution in [0.25, 0.3) is 22.8 Å². The van der Waals surface area contributed by atoms with E-state index in [1.165, 1.54) is 0 Å². The smallest absolute Gasteiger partial charge is 0.256 e. The van der Waals surface area contributed by atoms with Crippen LogP contribution < -0.4 is 14.8 Å². The van der Waals surface area contributed by atoms with Crippen LogP contribution in [0.1, 0.15) is 10.4 Å². The summed E-state index contributed by atoms with van der Waals surface area (Å²) in [4.78, 5) is 17.3. The molecule has 1 aromatic heterocycles. The van der Waals surface area contributed by atoms with Crippen molar-refractivity contribution in [3.05, 3.63) is 84.6 Å². The highest BCUT2D eigenvalue weighted by Crippen LogP contribution is 2.30. The van der Waals surface area contributed by atoms with Gasteiger partial charge in [0.15, 0.2) is 5.76 Å². The topological polar surface area (TPSA) is 73.6 Å². The molecule has 1 amide bonds. The third kappa shape index (κ3) is 4.03. The number of rotatable bonds is 6. The van der Waals surface area contributed by atoms with Crippen molar-refractivity contribution < 1.29 is 18.7 Å². The molecule has 0 spiro atoms. The van der Waals surface area contributed by atoms with Gasteiger partial charge in [0, 0.05) is 16.8 Å². The largest absolute Gasteiger partial charge is 0.497 e. The van der Waals surface area contributed by atoms with E-state index >= 15 is 0 Å². The number of benzene rings is 3. The van der Waals surface area contributed by atoms with Crippen molar-refractivity contribution in [2.45, 2.75) is 0 Å². The zero-order chi connectivity index (χ0) is 20.9. The van der Waals surface area contributed by atoms with Gasteiger partial charge in [0.1, 0.15) is 11.5 Å². The van der Waals surface area contributed by atoms with Crippen LogP contribution in [0.3, 0.4) is 0 Å². The highest BCUT2D eigenvalue weighted by atomic mass is 16.5. The van der Waals surface area contributed by atoms with Crippen LogP contribution in [0, 0.1) is 0 Å². The first-order valence-corrected chi connectivity index (χ1v) is 9.33. The fourth-order valence-corrected chi connectivity index (χ4v) is 3.05. The Hall–Kier alpha value is -4.06. The molecule has 6 heteroatoms. The molecule has 4 aromatic rings. The lowest BCUT2D eigenvalue weighted by Gasteiger charge is -2.09. The standard InChI is InChI=1S/C24H20N2O4/c1-28-18-12-10-17(11-13-18)26-23(27)20-8-3-4-9-21(20)24-25-15-22(30-24)16-6-5-7-19(14-16)29-2/h3-15H,1-2H3,(H,26,27). The summed E-state index contributed by atoms with van der Waals surface area (Å²) in [6, 6.07) is 21.9. The van der Waals surface area contributed by atoms with Gasteiger partial charge in [-0.2, -0.15) is 0 Å². The molecule has 1 heterocycles. The SMILES string of the molecule is COc1ccc(NC(=O)c2ccccc2-c2ncc(-c3cccc(OC)c3)o2)cc1. The highest BCUT2D eigenvalue weighted by Gasteiger charge is 2.17. The van der Waals surface area contributed by atoms with Gasteiger partial charge in [0.2, 0.25) is 5.89 Å². The summed E-state index contributed by atoms with van der Waals surface area (Å²) in [5.74, 6) is 2.16. The van der Waals surface area contributed by atoms with Crippen molar-refractivity contribution in [3.63, 3.8) is 0 Å². The molecular weight excluding hydrogens is 380 g/mol. The van der Waals surface area contributed by atoms with E-state index in [-0.39, 0.29) is 5.91 Å². The van der Waals surface area contributed by atoms with Crippen molar-refractivity contribution >= 4 is 11.6 Å². The van der Waals surface area contributed by atoms with E-state index in [1.807, 2.05) is 36.4 Å². The van der Waals surface area contributed by atoms with Crippen LogP contribution >= 0.6 is 0 Å². The van der Waals surface area contributed by atoms with E-state index in [1.54, 1.807) is 56.8 Å². The average molecular weight is 400 g/mol. The van der Waals surface area contributed by atoms with Gasteiger partial charge >= 0.3 is 0 Å². The van der Waals surface area contributed by atoms with Crippen LogP contribution in [-0.4, -0.2) is 25.1 Å². The lowest BCUT2D eigenvalue weighted by molar-refractivity contribution is 0.102. The lowest BCUT2D eigenvalue weighted by atomic mass is 10.1. The highest BCUT2D eigenvalue weighted by molar-refractivity contribution is 6.08. The molecule has 0 aliphatic rings. The van der Waals surface area contributed by atoms with Crippen molar-refractivity contribution in [2.75, 3.05) is 19.5 Å². The number of ether oxygens (including phenoxy) is 2. The minimum atomic E-state index is -0.253. The second kappa shape index (κ2) is 8.53. The molecule has 0 aliphatic carbocycles. The van der Waals surface area contributed by atoms with Crippen molar-refractivity contribution in [2.24, 2.45) is 0 Å². The second-order valence-corrected chi connectivity index (χ2v) is 6.49. The average Bonchev–Trinajstić information content (AvgIpc) is 3.30. The number of hydrogen-bond donors (Lipinski definition) is 1. The molecule has 0 saturated carbocycles. The number of oxazole rings is 1. The number of carbonyl (C=O) groups excluding carboxylic acids is 1. The molecule has 6 nitrogen and oxygen atoms in total. The number of hydrogen-bond acceptors (Lipinski definition) is 5. The number of nitrogens with zero attached hydrogens (tertiary/aromatic N) is 1. The van der Waals surface area contributed by atoms with Gasteiger partial charge in [0.25, 0.3) is 5.91 Å². The van der Waals surface area contributed by atoms with Crippen molar-refractivity contribution in [1.29, 1.82) is 0 Å². The summed E-state index contributed by atoms with van der Waals surface area (Å²) in [5.41, 5.74) is 2.58. The zero-order valence-corrected chi connectivity index (χ0v) is 16.6. The monoisotopic (exact) mass is 400 g/mol. The van der Waals surface area contributed by atoms with Gasteiger partial charge in [-0.05, 0) is 48.5 Å². The molecule has 4 rings (SSSR count). The predicted octanol–water partition coefficient (Wildman–Crippen LogP) is 5.28. The van der Waals surface area contributed by atoms with Crippen LogP contribution in [-0.2, 0) is 0 Å². The Balaban J connectivity index is 1.61. The zero-order valence-electron chi connectivity index (χ0n) is 16.6. The molecule has 0 bridgehead atoms. The van der Waals surface area contributed by atoms with E-state index in [4.69, 9.17) is 13.9 Å². The Morgan fingerprint density at radius 2 is 1.67 bits per heavy atom. The fourth-order valence-electron chi connectivity index (χ4n) is 3.05. The minimum Gasteiger partial charge on any atom is -0.497 e. The first-order valence-electron chi connectivity index (χ1n) is 9.33. The van der Waals surface area contributed by atoms with Gasteiger partial charge in [-0.1, -0.05) is 24.3 Å². The first-order chi connectivity index (χ1) is 14.7. The molecule has 30 heavy (non-hydrogen) atoms. The maximum Gasteiger partial charge on any atom is 0.256 e. The van der Waals surface area contributed by atoms with Crippen molar-refractivity contribution in [1.82, 2.24) is 4.98 Å². The first kappa shape index (κ1) is 19.3. The summed E-state index contributed by atoms with van der Waals surface area (Å²) < 4.78 is 16.4. The molecule has 0 fully saturated rings. The Bertz CT molecular complexity index is 1170. The van der Waals surface area contributed by atoms with E-state index in [2.05, 4.69) is 10.3 Å². The Morgan fingerprint density at radius 3 is 2.43 bits per heavy atom. The molecule has 0 atom stereocenters. The lowest BCUT2D eigenvalue weighted by Crippen LogP contribution is -2.13. The normalized spacial score (nSPS) is 10.5. The summed E-state index contributed by atoms with van der Waals surface area (Å²) >= 11 is 0. The number of carbonyl (C=O) groups is 1. The summed E-state index contributed by atoms with van der Waals surface area (Å²) in [6.07, 6.45) is 1.64. The molecule has 150 valence electrons. The number of amides is 1. The quantitative estimate of drug-likeness (QED) is 0.477. The van der Waals surface area contributed by atoms with Gasteiger partial charge in [-0.15, -0.1) is 0 Å². The van der Waals surface area contributed by atoms with Crippen LogP contribution in [0.4, 0.5) is 5.69 Å². The minimum absolute atomic E-state index is 0.253. The van der Waals surface area contributed by atoms with Gasteiger partial charge in [-0.25, -0.2) is 4.98 Å². The Morgan fingerprint density at radius 1 is 0.900 bits per heavy atom. The van der Waals surface area contributed by atoms with E-state index in [0.29, 0.717) is 28.5 Å². The second-order valence-electron chi connectivity index (χ2n) is 6.49. The van der Waals surface area contributed by atoms with Crippen LogP contribution in [0.5, 0.6) is 11.5 Å². The van der Waals surface area contributed by atoms with Crippen molar-refractivity contribution in [3.8, 4) is 34.3 Å². The molecule has 3 aromatic carbocycles. The Kier molecular flexibility index (Phi) is 5.48. The van der Waals surface area contributed by atoms with Gasteiger partial charge < -0.3 is 19.2 Å². The van der Waals surface area contributed by atoms with Gasteiger partial charge in [-0.3, -0.25) is 4.79 Å². The van der Waals surface area contributed by atoms with Crippen LogP contribution in [0.15, 0.2) is 83.4 Å².